The van der Waals surface area contributed by atoms with E-state index in [1.165, 1.54) is 44.6 Å². The normalized spacial score (nSPS) is 47.0. The fraction of sp³-hybridized carbons (Fsp3) is 1.00. The van der Waals surface area contributed by atoms with E-state index in [1.807, 2.05) is 0 Å². The van der Waals surface area contributed by atoms with E-state index in [0.29, 0.717) is 0 Å². The van der Waals surface area contributed by atoms with Gasteiger partial charge in [-0.1, -0.05) is 6.92 Å². The van der Waals surface area contributed by atoms with Crippen LogP contribution in [0.2, 0.25) is 0 Å². The van der Waals surface area contributed by atoms with Gasteiger partial charge in [0.05, 0.1) is 0 Å². The Labute approximate surface area is 97.2 Å². The van der Waals surface area contributed by atoms with Crippen molar-refractivity contribution in [1.29, 1.82) is 0 Å². The van der Waals surface area contributed by atoms with Crippen molar-refractivity contribution in [3.8, 4) is 0 Å². The molecule has 3 rings (SSSR count). The molecule has 15 heavy (non-hydrogen) atoms. The molecule has 0 spiro atoms. The smallest absolute Gasteiger partial charge is 0.0264 e. The molecule has 3 saturated heterocycles. The van der Waals surface area contributed by atoms with Crippen LogP contribution in [-0.2, 0) is 0 Å². The van der Waals surface area contributed by atoms with Gasteiger partial charge < -0.3 is 5.32 Å². The lowest BCUT2D eigenvalue weighted by Gasteiger charge is -2.42. The van der Waals surface area contributed by atoms with Crippen LogP contribution >= 0.6 is 11.8 Å². The van der Waals surface area contributed by atoms with Crippen LogP contribution in [0.3, 0.4) is 0 Å². The first kappa shape index (κ1) is 10.4. The van der Waals surface area contributed by atoms with E-state index in [-0.39, 0.29) is 0 Å². The topological polar surface area (TPSA) is 15.3 Å². The quantitative estimate of drug-likeness (QED) is 0.730. The molecule has 0 aromatic carbocycles. The van der Waals surface area contributed by atoms with Gasteiger partial charge in [-0.05, 0) is 44.0 Å². The molecule has 0 radical (unpaired) electrons. The second-order valence-electron chi connectivity index (χ2n) is 5.30. The highest BCUT2D eigenvalue weighted by Crippen LogP contribution is 2.36. The fourth-order valence-electron chi connectivity index (χ4n) is 3.67. The molecule has 0 saturated carbocycles. The van der Waals surface area contributed by atoms with Gasteiger partial charge in [0.15, 0.2) is 0 Å². The molecule has 3 aliphatic heterocycles. The number of nitrogens with one attached hydrogen (secondary N) is 1. The summed E-state index contributed by atoms with van der Waals surface area (Å²) in [6.07, 6.45) is 4.31. The van der Waals surface area contributed by atoms with Gasteiger partial charge in [0.1, 0.15) is 0 Å². The summed E-state index contributed by atoms with van der Waals surface area (Å²) in [7, 11) is 0. The molecule has 3 heteroatoms. The number of fused-ring (bicyclic) bond motifs is 1. The van der Waals surface area contributed by atoms with E-state index in [4.69, 9.17) is 0 Å². The molecule has 0 amide bonds. The fourth-order valence-corrected chi connectivity index (χ4v) is 4.94. The van der Waals surface area contributed by atoms with E-state index in [0.717, 1.165) is 23.3 Å². The molecule has 2 nitrogen and oxygen atoms in total. The molecular formula is C12H22N2S. The maximum absolute atomic E-state index is 3.58. The molecule has 3 heterocycles. The van der Waals surface area contributed by atoms with Crippen molar-refractivity contribution in [2.45, 2.75) is 43.5 Å². The first-order chi connectivity index (χ1) is 7.36. The number of piperidine rings is 1. The van der Waals surface area contributed by atoms with Crippen molar-refractivity contribution < 1.29 is 0 Å². The predicted octanol–water partition coefficient (Wildman–Crippen LogP) is 1.56. The van der Waals surface area contributed by atoms with E-state index in [9.17, 15) is 0 Å². The summed E-state index contributed by atoms with van der Waals surface area (Å²) in [6, 6.07) is 1.74. The zero-order chi connectivity index (χ0) is 10.3. The number of nitrogens with zero attached hydrogens (tertiary/aromatic N) is 1. The molecule has 0 aromatic heterocycles. The van der Waals surface area contributed by atoms with Crippen LogP contribution in [0.5, 0.6) is 0 Å². The number of hydrogen-bond donors (Lipinski definition) is 1. The molecule has 4 unspecified atom stereocenters. The lowest BCUT2D eigenvalue weighted by Crippen LogP contribution is -2.52. The molecule has 3 fully saturated rings. The van der Waals surface area contributed by atoms with Crippen molar-refractivity contribution in [2.24, 2.45) is 5.92 Å². The summed E-state index contributed by atoms with van der Waals surface area (Å²) < 4.78 is 0. The van der Waals surface area contributed by atoms with Crippen LogP contribution in [0.4, 0.5) is 0 Å². The number of likely N-dealkylation sites (tertiary alicyclic amines) is 1. The summed E-state index contributed by atoms with van der Waals surface area (Å²) in [5.74, 6) is 2.34. The van der Waals surface area contributed by atoms with E-state index in [2.05, 4.69) is 28.9 Å². The summed E-state index contributed by atoms with van der Waals surface area (Å²) in [4.78, 5) is 2.85. The van der Waals surface area contributed by atoms with Crippen LogP contribution < -0.4 is 5.32 Å². The van der Waals surface area contributed by atoms with E-state index in [1.54, 1.807) is 0 Å². The van der Waals surface area contributed by atoms with Crippen LogP contribution in [-0.4, -0.2) is 47.6 Å². The second kappa shape index (κ2) is 4.27. The first-order valence-electron chi connectivity index (χ1n) is 6.44. The van der Waals surface area contributed by atoms with Gasteiger partial charge >= 0.3 is 0 Å². The molecule has 0 aliphatic carbocycles. The Morgan fingerprint density at radius 2 is 2.13 bits per heavy atom. The average molecular weight is 226 g/mol. The molecule has 0 bridgehead atoms. The van der Waals surface area contributed by atoms with Gasteiger partial charge in [-0.3, -0.25) is 4.90 Å². The molecule has 3 aliphatic rings. The molecule has 1 N–H and O–H groups in total. The predicted molar refractivity (Wildman–Crippen MR) is 66.4 cm³/mol. The average Bonchev–Trinajstić information content (AvgIpc) is 2.85. The summed E-state index contributed by atoms with van der Waals surface area (Å²) >= 11 is 2.17. The first-order valence-corrected chi connectivity index (χ1v) is 7.49. The molecule has 0 aromatic rings. The summed E-state index contributed by atoms with van der Waals surface area (Å²) in [6.45, 7) is 6.31. The van der Waals surface area contributed by atoms with Crippen LogP contribution in [0, 0.1) is 5.92 Å². The lowest BCUT2D eigenvalue weighted by molar-refractivity contribution is 0.0789. The summed E-state index contributed by atoms with van der Waals surface area (Å²) in [5, 5.41) is 4.45. The van der Waals surface area contributed by atoms with Crippen molar-refractivity contribution in [1.82, 2.24) is 10.2 Å². The summed E-state index contributed by atoms with van der Waals surface area (Å²) in [5.41, 5.74) is 0. The Balaban J connectivity index is 1.73. The SMILES string of the molecule is CC1SCCC1N1CCCC2CNCC21. The second-order valence-corrected chi connectivity index (χ2v) is 6.78. The zero-order valence-corrected chi connectivity index (χ0v) is 10.4. The van der Waals surface area contributed by atoms with Crippen molar-refractivity contribution in [2.75, 3.05) is 25.4 Å². The van der Waals surface area contributed by atoms with Crippen molar-refractivity contribution >= 4 is 11.8 Å². The van der Waals surface area contributed by atoms with Gasteiger partial charge in [0.2, 0.25) is 0 Å². The Hall–Kier alpha value is 0.270. The third-order valence-electron chi connectivity index (χ3n) is 4.48. The largest absolute Gasteiger partial charge is 0.315 e. The minimum Gasteiger partial charge on any atom is -0.315 e. The van der Waals surface area contributed by atoms with Gasteiger partial charge in [0, 0.05) is 23.9 Å². The van der Waals surface area contributed by atoms with Crippen LogP contribution in [0.15, 0.2) is 0 Å². The van der Waals surface area contributed by atoms with Crippen LogP contribution in [0.25, 0.3) is 0 Å². The monoisotopic (exact) mass is 226 g/mol. The number of hydrogen-bond acceptors (Lipinski definition) is 3. The third-order valence-corrected chi connectivity index (χ3v) is 5.79. The molecule has 86 valence electrons. The maximum atomic E-state index is 3.58. The highest BCUT2D eigenvalue weighted by Gasteiger charge is 2.40. The highest BCUT2D eigenvalue weighted by atomic mass is 32.2. The number of rotatable bonds is 1. The standard InChI is InChI=1S/C12H22N2S/c1-9-11(4-6-15-9)14-5-2-3-10-7-13-8-12(10)14/h9-13H,2-8H2,1H3. The van der Waals surface area contributed by atoms with Gasteiger partial charge in [0.25, 0.3) is 0 Å². The number of thioether (sulfide) groups is 1. The Bertz CT molecular complexity index is 230. The van der Waals surface area contributed by atoms with Gasteiger partial charge in [-0.2, -0.15) is 11.8 Å². The Kier molecular flexibility index (Phi) is 2.97. The highest BCUT2D eigenvalue weighted by molar-refractivity contribution is 8.00. The van der Waals surface area contributed by atoms with Crippen molar-refractivity contribution in [3.05, 3.63) is 0 Å². The lowest BCUT2D eigenvalue weighted by atomic mass is 9.90. The van der Waals surface area contributed by atoms with Crippen LogP contribution in [0.1, 0.15) is 26.2 Å². The van der Waals surface area contributed by atoms with E-state index >= 15 is 0 Å². The zero-order valence-electron chi connectivity index (χ0n) is 9.61. The van der Waals surface area contributed by atoms with E-state index < -0.39 is 0 Å². The van der Waals surface area contributed by atoms with Gasteiger partial charge in [-0.15, -0.1) is 0 Å². The Morgan fingerprint density at radius 3 is 2.93 bits per heavy atom. The maximum Gasteiger partial charge on any atom is 0.0264 e. The Morgan fingerprint density at radius 1 is 1.20 bits per heavy atom. The molecular weight excluding hydrogens is 204 g/mol. The minimum atomic E-state index is 0.865. The molecule has 4 atom stereocenters. The minimum absolute atomic E-state index is 0.865. The third kappa shape index (κ3) is 1.83. The van der Waals surface area contributed by atoms with Gasteiger partial charge in [-0.25, -0.2) is 0 Å². The van der Waals surface area contributed by atoms with Crippen molar-refractivity contribution in [3.63, 3.8) is 0 Å².